The number of carbonyl (C=O) groups is 2. The van der Waals surface area contributed by atoms with E-state index in [0.29, 0.717) is 11.6 Å². The average molecular weight is 376 g/mol. The molecule has 3 rings (SSSR count). The number of hydrogen-bond acceptors (Lipinski definition) is 4. The molecule has 0 radical (unpaired) electrons. The first kappa shape index (κ1) is 17.8. The van der Waals surface area contributed by atoms with Crippen LogP contribution in [0.1, 0.15) is 12.5 Å². The van der Waals surface area contributed by atoms with Crippen molar-refractivity contribution in [2.75, 3.05) is 12.0 Å². The lowest BCUT2D eigenvalue weighted by atomic mass is 10.1. The van der Waals surface area contributed by atoms with Gasteiger partial charge in [-0.2, -0.15) is 0 Å². The van der Waals surface area contributed by atoms with E-state index in [1.807, 2.05) is 42.5 Å². The Kier molecular flexibility index (Phi) is 5.35. The van der Waals surface area contributed by atoms with Crippen LogP contribution in [0.15, 0.2) is 53.4 Å². The predicted octanol–water partition coefficient (Wildman–Crippen LogP) is 4.16. The van der Waals surface area contributed by atoms with Gasteiger partial charge in [-0.25, -0.2) is 0 Å². The lowest BCUT2D eigenvalue weighted by Gasteiger charge is -2.35. The first-order valence-electron chi connectivity index (χ1n) is 7.91. The molecule has 2 aromatic rings. The zero-order valence-corrected chi connectivity index (χ0v) is 15.5. The maximum Gasteiger partial charge on any atom is 0.310 e. The largest absolute Gasteiger partial charge is 0.469 e. The molecule has 0 spiro atoms. The summed E-state index contributed by atoms with van der Waals surface area (Å²) in [6, 6.07) is 15.2. The van der Waals surface area contributed by atoms with Crippen molar-refractivity contribution < 1.29 is 14.3 Å². The molecule has 1 amide bonds. The van der Waals surface area contributed by atoms with Crippen molar-refractivity contribution in [3.05, 3.63) is 59.1 Å². The molecule has 25 heavy (non-hydrogen) atoms. The summed E-state index contributed by atoms with van der Waals surface area (Å²) in [5, 5.41) is 0.0911. The highest BCUT2D eigenvalue weighted by Gasteiger charge is 2.39. The Morgan fingerprint density at radius 1 is 1.24 bits per heavy atom. The molecular formula is C19H18ClNO3S. The van der Waals surface area contributed by atoms with E-state index in [-0.39, 0.29) is 11.9 Å². The fourth-order valence-electron chi connectivity index (χ4n) is 2.82. The van der Waals surface area contributed by atoms with Gasteiger partial charge in [-0.05, 0) is 23.8 Å². The van der Waals surface area contributed by atoms with Gasteiger partial charge < -0.3 is 9.64 Å². The van der Waals surface area contributed by atoms with Gasteiger partial charge in [-0.3, -0.25) is 9.59 Å². The van der Waals surface area contributed by atoms with Crippen LogP contribution in [0.25, 0.3) is 0 Å². The highest BCUT2D eigenvalue weighted by molar-refractivity contribution is 8.01. The van der Waals surface area contributed by atoms with Gasteiger partial charge in [0.05, 0.1) is 25.3 Å². The van der Waals surface area contributed by atoms with Crippen molar-refractivity contribution in [2.45, 2.75) is 23.6 Å². The van der Waals surface area contributed by atoms with E-state index in [1.54, 1.807) is 17.9 Å². The molecule has 1 heterocycles. The van der Waals surface area contributed by atoms with Crippen molar-refractivity contribution in [1.82, 2.24) is 0 Å². The van der Waals surface area contributed by atoms with E-state index < -0.39 is 11.2 Å². The Morgan fingerprint density at radius 3 is 2.64 bits per heavy atom. The normalized spacial score (nSPS) is 17.8. The summed E-state index contributed by atoms with van der Waals surface area (Å²) < 4.78 is 4.83. The summed E-state index contributed by atoms with van der Waals surface area (Å²) in [5.74, 6) is -1.03. The van der Waals surface area contributed by atoms with Gasteiger partial charge in [-0.15, -0.1) is 11.8 Å². The topological polar surface area (TPSA) is 46.6 Å². The van der Waals surface area contributed by atoms with Crippen molar-refractivity contribution >= 4 is 40.9 Å². The van der Waals surface area contributed by atoms with E-state index >= 15 is 0 Å². The summed E-state index contributed by atoms with van der Waals surface area (Å²) in [6.45, 7) is 2.09. The third-order valence-electron chi connectivity index (χ3n) is 4.23. The van der Waals surface area contributed by atoms with Gasteiger partial charge in [0.15, 0.2) is 0 Å². The monoisotopic (exact) mass is 375 g/mol. The summed E-state index contributed by atoms with van der Waals surface area (Å²) >= 11 is 7.68. The molecule has 1 aliphatic rings. The summed E-state index contributed by atoms with van der Waals surface area (Å²) in [4.78, 5) is 27.8. The van der Waals surface area contributed by atoms with Gasteiger partial charge in [0.2, 0.25) is 5.91 Å². The number of nitrogens with zero attached hydrogens (tertiary/aromatic N) is 1. The number of benzene rings is 2. The number of methoxy groups -OCH3 is 1. The molecule has 1 aliphatic heterocycles. The average Bonchev–Trinajstić information content (AvgIpc) is 2.64. The van der Waals surface area contributed by atoms with Crippen LogP contribution in [0, 0.1) is 5.92 Å². The quantitative estimate of drug-likeness (QED) is 0.753. The second-order valence-electron chi connectivity index (χ2n) is 5.83. The number of ether oxygens (including phenoxy) is 1. The number of hydrogen-bond donors (Lipinski definition) is 0. The number of anilines is 1. The Hall–Kier alpha value is -1.98. The number of carbonyl (C=O) groups excluding carboxylic acids is 2. The highest BCUT2D eigenvalue weighted by Crippen LogP contribution is 2.42. The molecule has 0 saturated carbocycles. The fraction of sp³-hybridized carbons (Fsp3) is 0.263. The molecule has 4 nitrogen and oxygen atoms in total. The lowest BCUT2D eigenvalue weighted by Crippen LogP contribution is -2.45. The standard InChI is InChI=1S/C19H18ClNO3S/c1-12(19(23)24-2)17-18(22)21(11-13-7-3-4-8-14(13)20)15-9-5-6-10-16(15)25-17/h3-10,12,17H,11H2,1-2H3. The Labute approximate surface area is 156 Å². The Morgan fingerprint density at radius 2 is 1.92 bits per heavy atom. The minimum absolute atomic E-state index is 0.110. The zero-order chi connectivity index (χ0) is 18.0. The number of amides is 1. The zero-order valence-electron chi connectivity index (χ0n) is 13.9. The molecule has 2 aromatic carbocycles. The second kappa shape index (κ2) is 7.50. The van der Waals surface area contributed by atoms with Crippen LogP contribution in [0.4, 0.5) is 5.69 Å². The van der Waals surface area contributed by atoms with Crippen LogP contribution in [0.2, 0.25) is 5.02 Å². The van der Waals surface area contributed by atoms with Crippen molar-refractivity contribution in [1.29, 1.82) is 0 Å². The maximum atomic E-state index is 13.1. The van der Waals surface area contributed by atoms with Gasteiger partial charge in [0.1, 0.15) is 5.25 Å². The van der Waals surface area contributed by atoms with Gasteiger partial charge in [0, 0.05) is 9.92 Å². The molecule has 130 valence electrons. The highest BCUT2D eigenvalue weighted by atomic mass is 35.5. The molecule has 0 bridgehead atoms. The van der Waals surface area contributed by atoms with Gasteiger partial charge in [0.25, 0.3) is 0 Å². The lowest BCUT2D eigenvalue weighted by molar-refractivity contribution is -0.146. The van der Waals surface area contributed by atoms with E-state index in [2.05, 4.69) is 0 Å². The first-order chi connectivity index (χ1) is 12.0. The van der Waals surface area contributed by atoms with Crippen LogP contribution in [0.5, 0.6) is 0 Å². The summed E-state index contributed by atoms with van der Waals surface area (Å²) in [6.07, 6.45) is 0. The van der Waals surface area contributed by atoms with E-state index in [9.17, 15) is 9.59 Å². The van der Waals surface area contributed by atoms with Gasteiger partial charge >= 0.3 is 5.97 Å². The number of fused-ring (bicyclic) bond motifs is 1. The van der Waals surface area contributed by atoms with E-state index in [1.165, 1.54) is 18.9 Å². The summed E-state index contributed by atoms with van der Waals surface area (Å²) in [7, 11) is 1.34. The second-order valence-corrected chi connectivity index (χ2v) is 7.42. The molecule has 0 fully saturated rings. The smallest absolute Gasteiger partial charge is 0.310 e. The third kappa shape index (κ3) is 3.53. The van der Waals surface area contributed by atoms with Crippen LogP contribution in [0.3, 0.4) is 0 Å². The molecule has 0 N–H and O–H groups in total. The minimum Gasteiger partial charge on any atom is -0.469 e. The van der Waals surface area contributed by atoms with Crippen LogP contribution in [-0.4, -0.2) is 24.2 Å². The van der Waals surface area contributed by atoms with Crippen molar-refractivity contribution in [3.8, 4) is 0 Å². The SMILES string of the molecule is COC(=O)C(C)C1Sc2ccccc2N(Cc2ccccc2Cl)C1=O. The number of halogens is 1. The number of esters is 1. The fourth-order valence-corrected chi connectivity index (χ4v) is 4.29. The maximum absolute atomic E-state index is 13.1. The molecular weight excluding hydrogens is 358 g/mol. The van der Waals surface area contributed by atoms with Crippen LogP contribution < -0.4 is 4.90 Å². The van der Waals surface area contributed by atoms with Crippen molar-refractivity contribution in [2.24, 2.45) is 5.92 Å². The van der Waals surface area contributed by atoms with Crippen LogP contribution in [-0.2, 0) is 20.9 Å². The number of thioether (sulfide) groups is 1. The predicted molar refractivity (Wildman–Crippen MR) is 99.9 cm³/mol. The number of para-hydroxylation sites is 1. The Bertz CT molecular complexity index is 811. The third-order valence-corrected chi connectivity index (χ3v) is 6.06. The van der Waals surface area contributed by atoms with Gasteiger partial charge in [-0.1, -0.05) is 48.9 Å². The minimum atomic E-state index is -0.537. The Balaban J connectivity index is 1.99. The molecule has 2 atom stereocenters. The van der Waals surface area contributed by atoms with E-state index in [0.717, 1.165) is 16.1 Å². The van der Waals surface area contributed by atoms with Crippen LogP contribution >= 0.6 is 23.4 Å². The molecule has 0 aromatic heterocycles. The molecule has 0 aliphatic carbocycles. The molecule has 6 heteroatoms. The van der Waals surface area contributed by atoms with E-state index in [4.69, 9.17) is 16.3 Å². The van der Waals surface area contributed by atoms with Crippen molar-refractivity contribution in [3.63, 3.8) is 0 Å². The number of rotatable bonds is 4. The first-order valence-corrected chi connectivity index (χ1v) is 9.17. The molecule has 2 unspecified atom stereocenters. The molecule has 0 saturated heterocycles. The summed E-state index contributed by atoms with van der Waals surface area (Å²) in [5.41, 5.74) is 1.70.